The summed E-state index contributed by atoms with van der Waals surface area (Å²) < 4.78 is 6.09. The van der Waals surface area contributed by atoms with E-state index in [1.807, 2.05) is 73.3 Å². The fourth-order valence-electron chi connectivity index (χ4n) is 4.35. The normalized spacial score (nSPS) is 16.1. The number of benzene rings is 3. The van der Waals surface area contributed by atoms with Crippen LogP contribution in [0.1, 0.15) is 35.9 Å². The van der Waals surface area contributed by atoms with E-state index in [4.69, 9.17) is 9.40 Å². The fraction of sp³-hybridized carbons (Fsp3) is 0.231. The van der Waals surface area contributed by atoms with Crippen LogP contribution < -0.4 is 5.32 Å². The quantitative estimate of drug-likeness (QED) is 0.420. The maximum atomic E-state index is 13.1. The van der Waals surface area contributed by atoms with Gasteiger partial charge < -0.3 is 14.6 Å². The second kappa shape index (κ2) is 7.91. The molecule has 5 rings (SSSR count). The number of amides is 2. The van der Waals surface area contributed by atoms with E-state index in [1.165, 1.54) is 0 Å². The lowest BCUT2D eigenvalue weighted by Gasteiger charge is -2.23. The Kier molecular flexibility index (Phi) is 4.94. The molecule has 1 fully saturated rings. The Morgan fingerprint density at radius 2 is 1.77 bits per heavy atom. The Labute approximate surface area is 181 Å². The second-order valence-electron chi connectivity index (χ2n) is 8.15. The molecule has 2 heterocycles. The summed E-state index contributed by atoms with van der Waals surface area (Å²) in [7, 11) is 0. The molecule has 4 aromatic rings. The van der Waals surface area contributed by atoms with Crippen molar-refractivity contribution in [2.24, 2.45) is 0 Å². The first-order chi connectivity index (χ1) is 15.1. The van der Waals surface area contributed by atoms with E-state index < -0.39 is 0 Å². The lowest BCUT2D eigenvalue weighted by Crippen LogP contribution is -2.35. The van der Waals surface area contributed by atoms with Crippen molar-refractivity contribution in [2.45, 2.75) is 32.7 Å². The highest BCUT2D eigenvalue weighted by molar-refractivity contribution is 5.91. The number of nitrogens with zero attached hydrogens (tertiary/aromatic N) is 2. The summed E-state index contributed by atoms with van der Waals surface area (Å²) in [4.78, 5) is 19.7. The summed E-state index contributed by atoms with van der Waals surface area (Å²) in [6.07, 6.45) is 1.78. The van der Waals surface area contributed by atoms with Gasteiger partial charge >= 0.3 is 6.03 Å². The number of hydrogen-bond acceptors (Lipinski definition) is 3. The van der Waals surface area contributed by atoms with E-state index in [0.717, 1.165) is 51.9 Å². The monoisotopic (exact) mass is 411 g/mol. The fourth-order valence-corrected chi connectivity index (χ4v) is 4.35. The molecule has 0 saturated carbocycles. The van der Waals surface area contributed by atoms with E-state index in [1.54, 1.807) is 0 Å². The Bertz CT molecular complexity index is 1230. The number of fused-ring (bicyclic) bond motifs is 1. The third-order valence-electron chi connectivity index (χ3n) is 6.02. The van der Waals surface area contributed by atoms with Crippen molar-refractivity contribution >= 4 is 22.8 Å². The van der Waals surface area contributed by atoms with Gasteiger partial charge in [-0.1, -0.05) is 54.6 Å². The van der Waals surface area contributed by atoms with Crippen molar-refractivity contribution in [3.8, 4) is 11.1 Å². The predicted octanol–water partition coefficient (Wildman–Crippen LogP) is 6.48. The van der Waals surface area contributed by atoms with Crippen LogP contribution >= 0.6 is 0 Å². The number of oxazole rings is 1. The molecule has 0 bridgehead atoms. The van der Waals surface area contributed by atoms with Crippen LogP contribution in [0, 0.1) is 13.8 Å². The predicted molar refractivity (Wildman–Crippen MR) is 123 cm³/mol. The van der Waals surface area contributed by atoms with Gasteiger partial charge in [0.05, 0.1) is 0 Å². The maximum Gasteiger partial charge on any atom is 0.322 e. The number of carbonyl (C=O) groups excluding carboxylic acids is 1. The van der Waals surface area contributed by atoms with Crippen LogP contribution in [0.5, 0.6) is 0 Å². The molecule has 3 aromatic carbocycles. The number of urea groups is 1. The van der Waals surface area contributed by atoms with Crippen LogP contribution in [0.3, 0.4) is 0 Å². The van der Waals surface area contributed by atoms with Crippen molar-refractivity contribution in [1.29, 1.82) is 0 Å². The first kappa shape index (κ1) is 19.4. The van der Waals surface area contributed by atoms with E-state index in [0.29, 0.717) is 12.4 Å². The van der Waals surface area contributed by atoms with Crippen molar-refractivity contribution in [2.75, 3.05) is 11.9 Å². The van der Waals surface area contributed by atoms with Gasteiger partial charge in [0.15, 0.2) is 5.58 Å². The zero-order chi connectivity index (χ0) is 21.4. The highest BCUT2D eigenvalue weighted by atomic mass is 16.4. The van der Waals surface area contributed by atoms with Gasteiger partial charge in [-0.15, -0.1) is 0 Å². The highest BCUT2D eigenvalue weighted by Crippen LogP contribution is 2.35. The summed E-state index contributed by atoms with van der Waals surface area (Å²) in [5.74, 6) is 0.606. The van der Waals surface area contributed by atoms with Gasteiger partial charge in [-0.2, -0.15) is 0 Å². The van der Waals surface area contributed by atoms with E-state index in [-0.39, 0.29) is 12.1 Å². The molecule has 1 aliphatic heterocycles. The van der Waals surface area contributed by atoms with Gasteiger partial charge in [-0.25, -0.2) is 9.78 Å². The zero-order valence-corrected chi connectivity index (χ0v) is 17.8. The van der Waals surface area contributed by atoms with Gasteiger partial charge in [0.25, 0.3) is 0 Å². The largest absolute Gasteiger partial charge is 0.438 e. The number of para-hydroxylation sites is 1. The number of anilines is 1. The van der Waals surface area contributed by atoms with Crippen molar-refractivity contribution < 1.29 is 9.21 Å². The SMILES string of the molecule is Cc1cccc(C)c1NC(=O)N1CCC[C@@H]1c1nc2cc(-c3ccccc3)ccc2o1. The Balaban J connectivity index is 1.41. The van der Waals surface area contributed by atoms with Gasteiger partial charge in [0, 0.05) is 12.2 Å². The number of aromatic nitrogens is 1. The lowest BCUT2D eigenvalue weighted by molar-refractivity contribution is 0.199. The molecule has 1 atom stereocenters. The van der Waals surface area contributed by atoms with Gasteiger partial charge in [0.2, 0.25) is 5.89 Å². The number of nitrogens with one attached hydrogen (secondary N) is 1. The summed E-state index contributed by atoms with van der Waals surface area (Å²) in [6, 6.07) is 22.0. The van der Waals surface area contributed by atoms with Crippen LogP contribution in [0.4, 0.5) is 10.5 Å². The molecule has 1 aromatic heterocycles. The van der Waals surface area contributed by atoms with Gasteiger partial charge in [0.1, 0.15) is 11.6 Å². The Morgan fingerprint density at radius 1 is 1.00 bits per heavy atom. The number of aryl methyl sites for hydroxylation is 2. The molecule has 156 valence electrons. The lowest BCUT2D eigenvalue weighted by atomic mass is 10.1. The van der Waals surface area contributed by atoms with Crippen LogP contribution in [-0.2, 0) is 0 Å². The van der Waals surface area contributed by atoms with Crippen LogP contribution in [0.25, 0.3) is 22.2 Å². The van der Waals surface area contributed by atoms with Crippen molar-refractivity contribution in [3.63, 3.8) is 0 Å². The van der Waals surface area contributed by atoms with Gasteiger partial charge in [-0.05, 0) is 61.1 Å². The summed E-state index contributed by atoms with van der Waals surface area (Å²) >= 11 is 0. The molecule has 0 radical (unpaired) electrons. The average molecular weight is 412 g/mol. The first-order valence-corrected chi connectivity index (χ1v) is 10.7. The maximum absolute atomic E-state index is 13.1. The van der Waals surface area contributed by atoms with Crippen LogP contribution in [0.2, 0.25) is 0 Å². The van der Waals surface area contributed by atoms with E-state index in [2.05, 4.69) is 17.4 Å². The number of hydrogen-bond donors (Lipinski definition) is 1. The minimum Gasteiger partial charge on any atom is -0.438 e. The number of likely N-dealkylation sites (tertiary alicyclic amines) is 1. The smallest absolute Gasteiger partial charge is 0.322 e. The molecule has 5 nitrogen and oxygen atoms in total. The van der Waals surface area contributed by atoms with Crippen LogP contribution in [-0.4, -0.2) is 22.5 Å². The summed E-state index contributed by atoms with van der Waals surface area (Å²) in [5.41, 5.74) is 6.80. The molecule has 0 unspecified atom stereocenters. The third-order valence-corrected chi connectivity index (χ3v) is 6.02. The van der Waals surface area contributed by atoms with Gasteiger partial charge in [-0.3, -0.25) is 0 Å². The molecule has 1 saturated heterocycles. The molecule has 0 aliphatic carbocycles. The minimum absolute atomic E-state index is 0.105. The van der Waals surface area contributed by atoms with Crippen LogP contribution in [0.15, 0.2) is 71.1 Å². The summed E-state index contributed by atoms with van der Waals surface area (Å²) in [6.45, 7) is 4.71. The van der Waals surface area contributed by atoms with Crippen molar-refractivity contribution in [1.82, 2.24) is 9.88 Å². The zero-order valence-electron chi connectivity index (χ0n) is 17.8. The topological polar surface area (TPSA) is 58.4 Å². The molecular formula is C26H25N3O2. The van der Waals surface area contributed by atoms with Crippen molar-refractivity contribution in [3.05, 3.63) is 83.7 Å². The molecule has 31 heavy (non-hydrogen) atoms. The minimum atomic E-state index is -0.156. The molecule has 5 heteroatoms. The summed E-state index contributed by atoms with van der Waals surface area (Å²) in [5, 5.41) is 3.10. The molecular weight excluding hydrogens is 386 g/mol. The number of carbonyl (C=O) groups is 1. The number of rotatable bonds is 3. The third kappa shape index (κ3) is 3.67. The second-order valence-corrected chi connectivity index (χ2v) is 8.15. The Morgan fingerprint density at radius 3 is 2.55 bits per heavy atom. The molecule has 2 amide bonds. The van der Waals surface area contributed by atoms with E-state index in [9.17, 15) is 4.79 Å². The average Bonchev–Trinajstić information content (AvgIpc) is 3.43. The first-order valence-electron chi connectivity index (χ1n) is 10.7. The standard InChI is InChI=1S/C26H25N3O2/c1-17-8-6-9-18(2)24(17)28-26(30)29-15-7-12-22(29)25-27-21-16-20(13-14-23(21)31-25)19-10-4-3-5-11-19/h3-6,8-11,13-14,16,22H,7,12,15H2,1-2H3,(H,28,30)/t22-/m1/s1. The highest BCUT2D eigenvalue weighted by Gasteiger charge is 2.34. The molecule has 1 N–H and O–H groups in total. The van der Waals surface area contributed by atoms with E-state index >= 15 is 0 Å². The Hall–Kier alpha value is -3.60. The molecule has 0 spiro atoms. The molecule has 1 aliphatic rings.